The Morgan fingerprint density at radius 1 is 1.13 bits per heavy atom. The van der Waals surface area contributed by atoms with Gasteiger partial charge in [0, 0.05) is 44.0 Å². The van der Waals surface area contributed by atoms with Crippen LogP contribution in [-0.2, 0) is 10.4 Å². The predicted molar refractivity (Wildman–Crippen MR) is 142 cm³/mol. The number of carbonyl (C=O) groups is 2. The Kier molecular flexibility index (Phi) is 9.70. The normalized spacial score (nSPS) is 16.3. The van der Waals surface area contributed by atoms with Crippen molar-refractivity contribution in [2.45, 2.75) is 57.3 Å². The lowest BCUT2D eigenvalue weighted by Gasteiger charge is -2.35. The van der Waals surface area contributed by atoms with Crippen molar-refractivity contribution in [1.82, 2.24) is 10.2 Å². The number of likely N-dealkylation sites (N-methyl/N-ethyl adjacent to an activating group) is 1. The molecule has 0 aliphatic carbocycles. The van der Waals surface area contributed by atoms with E-state index in [4.69, 9.17) is 11.6 Å². The number of piperidine rings is 1. The molecule has 0 bridgehead atoms. The van der Waals surface area contributed by atoms with E-state index >= 15 is 0 Å². The quantitative estimate of drug-likeness (QED) is 0.437. The molecule has 0 unspecified atom stereocenters. The Balaban J connectivity index is 1.51. The van der Waals surface area contributed by atoms with Gasteiger partial charge in [-0.3, -0.25) is 9.59 Å². The van der Waals surface area contributed by atoms with Gasteiger partial charge in [0.1, 0.15) is 0 Å². The monoisotopic (exact) mass is 553 g/mol. The van der Waals surface area contributed by atoms with Crippen LogP contribution in [0.4, 0.5) is 18.9 Å². The van der Waals surface area contributed by atoms with Crippen LogP contribution in [0.25, 0.3) is 0 Å². The third-order valence-electron chi connectivity index (χ3n) is 6.96. The standard InChI is InChI=1S/C28H35ClF3N3O3/c1-19(2)33-25(36)23-12-11-22(18-24(23)29)35-16-13-20(14-17-35)8-7-15-34(3)26(37)27(38,28(30,31)32)21-9-5-4-6-10-21/h4-6,9-12,18-20,38H,7-8,13-17H2,1-3H3,(H,33,36)/t27-/m1/s1. The van der Waals surface area contributed by atoms with E-state index in [1.54, 1.807) is 12.1 Å². The highest BCUT2D eigenvalue weighted by atomic mass is 35.5. The number of amides is 2. The fourth-order valence-corrected chi connectivity index (χ4v) is 5.05. The fraction of sp³-hybridized carbons (Fsp3) is 0.500. The first-order valence-electron chi connectivity index (χ1n) is 12.8. The highest BCUT2D eigenvalue weighted by molar-refractivity contribution is 6.34. The maximum absolute atomic E-state index is 13.8. The highest BCUT2D eigenvalue weighted by Crippen LogP contribution is 2.40. The van der Waals surface area contributed by atoms with Gasteiger partial charge >= 0.3 is 6.18 Å². The topological polar surface area (TPSA) is 72.9 Å². The molecule has 2 amide bonds. The molecular weight excluding hydrogens is 519 g/mol. The average Bonchev–Trinajstić information content (AvgIpc) is 2.87. The number of hydrogen-bond acceptors (Lipinski definition) is 4. The molecule has 0 radical (unpaired) electrons. The lowest BCUT2D eigenvalue weighted by Crippen LogP contribution is -2.55. The summed E-state index contributed by atoms with van der Waals surface area (Å²) in [4.78, 5) is 28.2. The molecular formula is C28H35ClF3N3O3. The van der Waals surface area contributed by atoms with Crippen LogP contribution in [0.3, 0.4) is 0 Å². The number of carbonyl (C=O) groups excluding carboxylic acids is 2. The SMILES string of the molecule is CC(C)NC(=O)c1ccc(N2CCC(CCCN(C)C(=O)[C@](O)(c3ccccc3)C(F)(F)F)CC2)cc1Cl. The number of alkyl halides is 3. The van der Waals surface area contributed by atoms with E-state index in [2.05, 4.69) is 10.2 Å². The Labute approximate surface area is 226 Å². The van der Waals surface area contributed by atoms with Crippen molar-refractivity contribution in [2.24, 2.45) is 5.92 Å². The van der Waals surface area contributed by atoms with Gasteiger partial charge in [-0.25, -0.2) is 0 Å². The van der Waals surface area contributed by atoms with Gasteiger partial charge in [-0.15, -0.1) is 0 Å². The number of aliphatic hydroxyl groups is 1. The molecule has 2 aromatic rings. The van der Waals surface area contributed by atoms with E-state index in [-0.39, 0.29) is 18.5 Å². The van der Waals surface area contributed by atoms with E-state index in [1.165, 1.54) is 25.2 Å². The minimum Gasteiger partial charge on any atom is -0.371 e. The van der Waals surface area contributed by atoms with E-state index < -0.39 is 23.2 Å². The van der Waals surface area contributed by atoms with Crippen LogP contribution < -0.4 is 10.2 Å². The molecule has 1 aliphatic rings. The van der Waals surface area contributed by atoms with Gasteiger partial charge in [-0.05, 0) is 63.6 Å². The Hall–Kier alpha value is -2.78. The maximum atomic E-state index is 13.8. The Bertz CT molecular complexity index is 1110. The van der Waals surface area contributed by atoms with Gasteiger partial charge in [-0.2, -0.15) is 13.2 Å². The summed E-state index contributed by atoms with van der Waals surface area (Å²) in [5.41, 5.74) is -2.71. The minimum atomic E-state index is -5.15. The molecule has 0 aromatic heterocycles. The van der Waals surface area contributed by atoms with Gasteiger partial charge in [0.25, 0.3) is 17.4 Å². The summed E-state index contributed by atoms with van der Waals surface area (Å²) in [5, 5.41) is 13.7. The van der Waals surface area contributed by atoms with Crippen LogP contribution in [0.2, 0.25) is 5.02 Å². The van der Waals surface area contributed by atoms with Crippen molar-refractivity contribution in [3.8, 4) is 0 Å². The Morgan fingerprint density at radius 2 is 1.76 bits per heavy atom. The molecule has 2 aromatic carbocycles. The zero-order valence-electron chi connectivity index (χ0n) is 21.9. The molecule has 208 valence electrons. The summed E-state index contributed by atoms with van der Waals surface area (Å²) in [6.45, 7) is 5.45. The molecule has 1 aliphatic heterocycles. The van der Waals surface area contributed by atoms with Crippen LogP contribution in [0.1, 0.15) is 55.5 Å². The number of rotatable bonds is 9. The van der Waals surface area contributed by atoms with Crippen molar-refractivity contribution >= 4 is 29.1 Å². The van der Waals surface area contributed by atoms with E-state index in [1.807, 2.05) is 19.9 Å². The molecule has 3 rings (SSSR count). The summed E-state index contributed by atoms with van der Waals surface area (Å²) in [6.07, 6.45) is -2.08. The van der Waals surface area contributed by atoms with Crippen LogP contribution in [0, 0.1) is 5.92 Å². The van der Waals surface area contributed by atoms with Gasteiger partial charge in [0.2, 0.25) is 0 Å². The number of hydrogen-bond donors (Lipinski definition) is 2. The molecule has 2 N–H and O–H groups in total. The highest BCUT2D eigenvalue weighted by Gasteiger charge is 2.61. The molecule has 6 nitrogen and oxygen atoms in total. The lowest BCUT2D eigenvalue weighted by molar-refractivity contribution is -0.261. The number of nitrogens with zero attached hydrogens (tertiary/aromatic N) is 2. The van der Waals surface area contributed by atoms with Gasteiger partial charge in [-0.1, -0.05) is 41.9 Å². The number of benzene rings is 2. The van der Waals surface area contributed by atoms with Crippen LogP contribution in [0.15, 0.2) is 48.5 Å². The van der Waals surface area contributed by atoms with Crippen LogP contribution >= 0.6 is 11.6 Å². The lowest BCUT2D eigenvalue weighted by atomic mass is 9.90. The molecule has 1 atom stereocenters. The second-order valence-electron chi connectivity index (χ2n) is 10.2. The first-order chi connectivity index (χ1) is 17.8. The zero-order chi connectivity index (χ0) is 28.1. The van der Waals surface area contributed by atoms with Gasteiger partial charge in [0.05, 0.1) is 10.6 Å². The van der Waals surface area contributed by atoms with Crippen molar-refractivity contribution < 1.29 is 27.9 Å². The molecule has 0 saturated carbocycles. The predicted octanol–water partition coefficient (Wildman–Crippen LogP) is 5.38. The van der Waals surface area contributed by atoms with Crippen molar-refractivity contribution in [3.63, 3.8) is 0 Å². The third-order valence-corrected chi connectivity index (χ3v) is 7.27. The summed E-state index contributed by atoms with van der Waals surface area (Å²) < 4.78 is 41.4. The second-order valence-corrected chi connectivity index (χ2v) is 10.6. The number of nitrogens with one attached hydrogen (secondary N) is 1. The van der Waals surface area contributed by atoms with E-state index in [0.29, 0.717) is 22.9 Å². The molecule has 0 spiro atoms. The van der Waals surface area contributed by atoms with E-state index in [9.17, 15) is 27.9 Å². The summed E-state index contributed by atoms with van der Waals surface area (Å²) in [6, 6.07) is 11.9. The maximum Gasteiger partial charge on any atom is 0.430 e. The van der Waals surface area contributed by atoms with Crippen LogP contribution in [0.5, 0.6) is 0 Å². The summed E-state index contributed by atoms with van der Waals surface area (Å²) >= 11 is 6.37. The number of anilines is 1. The second kappa shape index (κ2) is 12.4. The fourth-order valence-electron chi connectivity index (χ4n) is 4.79. The molecule has 1 heterocycles. The first kappa shape index (κ1) is 29.8. The number of halogens is 4. The van der Waals surface area contributed by atoms with Gasteiger partial charge < -0.3 is 20.2 Å². The van der Waals surface area contributed by atoms with Crippen molar-refractivity contribution in [3.05, 3.63) is 64.7 Å². The molecule has 1 fully saturated rings. The first-order valence-corrected chi connectivity index (χ1v) is 13.2. The minimum absolute atomic E-state index is 0.00913. The van der Waals surface area contributed by atoms with Crippen molar-refractivity contribution in [1.29, 1.82) is 0 Å². The molecule has 10 heteroatoms. The largest absolute Gasteiger partial charge is 0.430 e. The average molecular weight is 554 g/mol. The Morgan fingerprint density at radius 3 is 2.32 bits per heavy atom. The van der Waals surface area contributed by atoms with Crippen LogP contribution in [-0.4, -0.2) is 60.7 Å². The van der Waals surface area contributed by atoms with E-state index in [0.717, 1.165) is 55.1 Å². The molecule has 1 saturated heterocycles. The summed E-state index contributed by atoms with van der Waals surface area (Å²) in [7, 11) is 1.29. The smallest absolute Gasteiger partial charge is 0.371 e. The van der Waals surface area contributed by atoms with Crippen molar-refractivity contribution in [2.75, 3.05) is 31.6 Å². The summed E-state index contributed by atoms with van der Waals surface area (Å²) in [5.74, 6) is -1.22. The third kappa shape index (κ3) is 6.80. The van der Waals surface area contributed by atoms with Gasteiger partial charge in [0.15, 0.2) is 0 Å². The molecule has 38 heavy (non-hydrogen) atoms. The zero-order valence-corrected chi connectivity index (χ0v) is 22.6.